The lowest BCUT2D eigenvalue weighted by Gasteiger charge is -2.16. The van der Waals surface area contributed by atoms with Crippen LogP contribution in [0.4, 0.5) is 13.2 Å². The maximum atomic E-state index is 14.1. The van der Waals surface area contributed by atoms with Gasteiger partial charge in [0.15, 0.2) is 17.5 Å². The van der Waals surface area contributed by atoms with E-state index >= 15 is 0 Å². The Balaban J connectivity index is 1.42. The van der Waals surface area contributed by atoms with Gasteiger partial charge in [0.1, 0.15) is 0 Å². The van der Waals surface area contributed by atoms with Crippen LogP contribution >= 0.6 is 0 Å². The van der Waals surface area contributed by atoms with Gasteiger partial charge >= 0.3 is 6.18 Å². The minimum atomic E-state index is -4.56. The maximum absolute atomic E-state index is 14.1. The van der Waals surface area contributed by atoms with Crippen molar-refractivity contribution < 1.29 is 13.2 Å². The SMILES string of the molecule is N#Cc1ccc2c(c1)c1cc(C#N)ccc1n2-c1ccc(-c2nc(-c3ccccc3)nc(-c3ccccc3)n2)c(-c2cccc(C(F)(F)F)c2)c1. The van der Waals surface area contributed by atoms with Crippen LogP contribution < -0.4 is 0 Å². The molecule has 0 aliphatic carbocycles. The summed E-state index contributed by atoms with van der Waals surface area (Å²) in [5, 5.41) is 20.8. The Labute approximate surface area is 290 Å². The zero-order valence-corrected chi connectivity index (χ0v) is 26.6. The third kappa shape index (κ3) is 5.73. The molecule has 8 aromatic rings. The first-order valence-electron chi connectivity index (χ1n) is 15.9. The molecule has 2 heterocycles. The monoisotopic (exact) mass is 668 g/mol. The molecular weight excluding hydrogens is 645 g/mol. The van der Waals surface area contributed by atoms with Gasteiger partial charge in [-0.15, -0.1) is 0 Å². The van der Waals surface area contributed by atoms with Gasteiger partial charge in [-0.25, -0.2) is 15.0 Å². The van der Waals surface area contributed by atoms with Crippen molar-refractivity contribution in [2.45, 2.75) is 6.18 Å². The summed E-state index contributed by atoms with van der Waals surface area (Å²) in [4.78, 5) is 14.5. The third-order valence-corrected chi connectivity index (χ3v) is 8.73. The lowest BCUT2D eigenvalue weighted by molar-refractivity contribution is -0.137. The normalized spacial score (nSPS) is 11.4. The molecule has 0 saturated heterocycles. The van der Waals surface area contributed by atoms with Crippen molar-refractivity contribution in [3.05, 3.63) is 156 Å². The van der Waals surface area contributed by atoms with Crippen LogP contribution in [0, 0.1) is 22.7 Å². The van der Waals surface area contributed by atoms with Crippen molar-refractivity contribution >= 4 is 21.8 Å². The maximum Gasteiger partial charge on any atom is 0.416 e. The summed E-state index contributed by atoms with van der Waals surface area (Å²) in [6.07, 6.45) is -4.56. The highest BCUT2D eigenvalue weighted by molar-refractivity contribution is 6.10. The number of halogens is 3. The largest absolute Gasteiger partial charge is 0.416 e. The molecule has 6 nitrogen and oxygen atoms in total. The molecule has 9 heteroatoms. The molecule has 6 aromatic carbocycles. The molecule has 0 N–H and O–H groups in total. The second kappa shape index (κ2) is 12.4. The van der Waals surface area contributed by atoms with Gasteiger partial charge < -0.3 is 4.57 Å². The molecule has 0 fully saturated rings. The van der Waals surface area contributed by atoms with Crippen molar-refractivity contribution in [3.8, 4) is 63.1 Å². The molecule has 0 unspecified atom stereocenters. The molecule has 0 radical (unpaired) electrons. The lowest BCUT2D eigenvalue weighted by Crippen LogP contribution is -2.05. The zero-order valence-electron chi connectivity index (χ0n) is 26.6. The van der Waals surface area contributed by atoms with Crippen molar-refractivity contribution in [1.29, 1.82) is 10.5 Å². The van der Waals surface area contributed by atoms with Crippen LogP contribution in [0.1, 0.15) is 16.7 Å². The zero-order chi connectivity index (χ0) is 35.1. The van der Waals surface area contributed by atoms with Crippen LogP contribution in [0.3, 0.4) is 0 Å². The highest BCUT2D eigenvalue weighted by atomic mass is 19.4. The molecule has 0 bridgehead atoms. The fraction of sp³-hybridized carbons (Fsp3) is 0.0238. The molecular formula is C42H23F3N6. The molecule has 8 rings (SSSR count). The van der Waals surface area contributed by atoms with Gasteiger partial charge in [0.05, 0.1) is 39.9 Å². The van der Waals surface area contributed by atoms with E-state index in [0.717, 1.165) is 45.1 Å². The van der Waals surface area contributed by atoms with Crippen molar-refractivity contribution in [3.63, 3.8) is 0 Å². The van der Waals surface area contributed by atoms with Crippen molar-refractivity contribution in [1.82, 2.24) is 19.5 Å². The van der Waals surface area contributed by atoms with Gasteiger partial charge in [-0.3, -0.25) is 0 Å². The van der Waals surface area contributed by atoms with Gasteiger partial charge in [-0.1, -0.05) is 72.8 Å². The Bertz CT molecular complexity index is 2580. The number of hydrogen-bond donors (Lipinski definition) is 0. The van der Waals surface area contributed by atoms with E-state index in [0.29, 0.717) is 51.0 Å². The number of fused-ring (bicyclic) bond motifs is 3. The summed E-state index contributed by atoms with van der Waals surface area (Å²) >= 11 is 0. The molecule has 0 atom stereocenters. The Morgan fingerprint density at radius 1 is 0.490 bits per heavy atom. The molecule has 51 heavy (non-hydrogen) atoms. The van der Waals surface area contributed by atoms with E-state index in [2.05, 4.69) is 12.1 Å². The van der Waals surface area contributed by atoms with Crippen LogP contribution in [0.5, 0.6) is 0 Å². The number of alkyl halides is 3. The molecule has 2 aromatic heterocycles. The molecule has 242 valence electrons. The van der Waals surface area contributed by atoms with E-state index in [1.54, 1.807) is 30.3 Å². The Kier molecular flexibility index (Phi) is 7.59. The van der Waals surface area contributed by atoms with Crippen LogP contribution in [0.15, 0.2) is 140 Å². The van der Waals surface area contributed by atoms with Gasteiger partial charge in [0.2, 0.25) is 0 Å². The second-order valence-electron chi connectivity index (χ2n) is 11.9. The number of nitriles is 2. The Morgan fingerprint density at radius 3 is 1.55 bits per heavy atom. The van der Waals surface area contributed by atoms with Gasteiger partial charge in [0.25, 0.3) is 0 Å². The number of nitrogens with zero attached hydrogens (tertiary/aromatic N) is 6. The minimum absolute atomic E-state index is 0.293. The number of benzene rings is 6. The quantitative estimate of drug-likeness (QED) is 0.182. The number of rotatable bonds is 5. The average Bonchev–Trinajstić information content (AvgIpc) is 3.50. The summed E-state index contributed by atoms with van der Waals surface area (Å²) in [6, 6.07) is 44.6. The van der Waals surface area contributed by atoms with Crippen LogP contribution in [0.2, 0.25) is 0 Å². The Hall–Kier alpha value is -7.10. The lowest BCUT2D eigenvalue weighted by atomic mass is 9.96. The van der Waals surface area contributed by atoms with Gasteiger partial charge in [-0.05, 0) is 77.9 Å². The van der Waals surface area contributed by atoms with E-state index < -0.39 is 11.7 Å². The molecule has 0 spiro atoms. The van der Waals surface area contributed by atoms with Crippen molar-refractivity contribution in [2.75, 3.05) is 0 Å². The number of aromatic nitrogens is 4. The smallest absolute Gasteiger partial charge is 0.309 e. The van der Waals surface area contributed by atoms with Crippen LogP contribution in [0.25, 0.3) is 72.8 Å². The standard InChI is InChI=1S/C42H23F3N6/c43-42(44,45)31-13-7-12-30(22-31)34-23-32(51-37-18-14-26(24-46)20-35(37)36-21-27(25-47)15-19-38(36)51)16-17-33(34)41-49-39(28-8-3-1-4-9-28)48-40(50-41)29-10-5-2-6-11-29/h1-23H. The predicted octanol–water partition coefficient (Wildman–Crippen LogP) is 10.4. The molecule has 0 aliphatic rings. The first-order valence-corrected chi connectivity index (χ1v) is 15.9. The highest BCUT2D eigenvalue weighted by Gasteiger charge is 2.31. The van der Waals surface area contributed by atoms with Crippen LogP contribution in [-0.2, 0) is 6.18 Å². The summed E-state index contributed by atoms with van der Waals surface area (Å²) in [7, 11) is 0. The van der Waals surface area contributed by atoms with Gasteiger partial charge in [-0.2, -0.15) is 23.7 Å². The average molecular weight is 669 g/mol. The molecule has 0 aliphatic heterocycles. The summed E-state index contributed by atoms with van der Waals surface area (Å²) in [6.45, 7) is 0. The van der Waals surface area contributed by atoms with E-state index in [-0.39, 0.29) is 0 Å². The summed E-state index contributed by atoms with van der Waals surface area (Å²) in [5.41, 5.74) is 5.14. The molecule has 0 amide bonds. The summed E-state index contributed by atoms with van der Waals surface area (Å²) in [5.74, 6) is 1.13. The summed E-state index contributed by atoms with van der Waals surface area (Å²) < 4.78 is 44.2. The topological polar surface area (TPSA) is 91.2 Å². The van der Waals surface area contributed by atoms with Gasteiger partial charge in [0, 0.05) is 33.2 Å². The third-order valence-electron chi connectivity index (χ3n) is 8.73. The fourth-order valence-corrected chi connectivity index (χ4v) is 6.34. The fourth-order valence-electron chi connectivity index (χ4n) is 6.34. The van der Waals surface area contributed by atoms with E-state index in [9.17, 15) is 23.7 Å². The second-order valence-corrected chi connectivity index (χ2v) is 11.9. The van der Waals surface area contributed by atoms with Crippen LogP contribution in [-0.4, -0.2) is 19.5 Å². The molecule has 0 saturated carbocycles. The van der Waals surface area contributed by atoms with E-state index in [1.807, 2.05) is 95.6 Å². The number of hydrogen-bond acceptors (Lipinski definition) is 5. The first-order chi connectivity index (χ1) is 24.8. The van der Waals surface area contributed by atoms with Crippen molar-refractivity contribution in [2.24, 2.45) is 0 Å². The van der Waals surface area contributed by atoms with E-state index in [4.69, 9.17) is 15.0 Å². The van der Waals surface area contributed by atoms with E-state index in [1.165, 1.54) is 6.07 Å². The minimum Gasteiger partial charge on any atom is -0.309 e. The first kappa shape index (κ1) is 31.2. The highest BCUT2D eigenvalue weighted by Crippen LogP contribution is 2.40. The predicted molar refractivity (Wildman–Crippen MR) is 190 cm³/mol. The Morgan fingerprint density at radius 2 is 1.02 bits per heavy atom.